The van der Waals surface area contributed by atoms with Gasteiger partial charge in [0.05, 0.1) is 0 Å². The van der Waals surface area contributed by atoms with Gasteiger partial charge in [-0.25, -0.2) is 0 Å². The Morgan fingerprint density at radius 2 is 1.67 bits per heavy atom. The molecule has 0 saturated carbocycles. The molecule has 34 valence electrons. The van der Waals surface area contributed by atoms with Crippen LogP contribution in [-0.2, 0) is 0 Å². The maximum atomic E-state index is 8.36. The average Bonchev–Trinajstić information content (AvgIpc) is 0.811. The summed E-state index contributed by atoms with van der Waals surface area (Å²) >= 11 is 0. The molecule has 0 spiro atoms. The van der Waals surface area contributed by atoms with Crippen molar-refractivity contribution in [2.45, 2.75) is 0 Å². The van der Waals surface area contributed by atoms with Gasteiger partial charge in [-0.1, -0.05) is 0 Å². The molecular formula is H3FKNO3. The van der Waals surface area contributed by atoms with Crippen LogP contribution < -0.4 is 0 Å². The molecule has 6 heteroatoms. The third-order valence-corrected chi connectivity index (χ3v) is 0. The quantitative estimate of drug-likeness (QED) is 0.259. The van der Waals surface area contributed by atoms with E-state index in [1.165, 1.54) is 0 Å². The van der Waals surface area contributed by atoms with Crippen LogP contribution in [0.15, 0.2) is 0 Å². The van der Waals surface area contributed by atoms with Crippen molar-refractivity contribution in [2.24, 2.45) is 0 Å². The second-order valence-corrected chi connectivity index (χ2v) is 0.238. The molecule has 0 amide bonds. The van der Waals surface area contributed by atoms with Gasteiger partial charge in [0.25, 0.3) is 5.09 Å². The summed E-state index contributed by atoms with van der Waals surface area (Å²) in [4.78, 5) is 8.36. The van der Waals surface area contributed by atoms with Crippen molar-refractivity contribution in [2.75, 3.05) is 0 Å². The zero-order chi connectivity index (χ0) is 3.58. The molecule has 0 aliphatic heterocycles. The molecule has 0 aromatic carbocycles. The van der Waals surface area contributed by atoms with Gasteiger partial charge in [-0.15, -0.1) is 10.1 Å². The summed E-state index contributed by atoms with van der Waals surface area (Å²) in [5.41, 5.74) is 0. The summed E-state index contributed by atoms with van der Waals surface area (Å²) in [6, 6.07) is 0. The van der Waals surface area contributed by atoms with E-state index in [4.69, 9.17) is 15.3 Å². The van der Waals surface area contributed by atoms with E-state index in [2.05, 4.69) is 0 Å². The van der Waals surface area contributed by atoms with Crippen molar-refractivity contribution in [1.82, 2.24) is 0 Å². The number of hydrogen-bond acceptors (Lipinski definition) is 2. The first-order chi connectivity index (χ1) is 1.73. The number of rotatable bonds is 0. The SMILES string of the molecule is F.O=[N+]([O-])O.[KH]. The third-order valence-electron chi connectivity index (χ3n) is 0. The van der Waals surface area contributed by atoms with E-state index in [0.29, 0.717) is 0 Å². The average molecular weight is 123 g/mol. The van der Waals surface area contributed by atoms with Crippen LogP contribution in [0.1, 0.15) is 0 Å². The molecule has 0 aromatic heterocycles. The van der Waals surface area contributed by atoms with Crippen LogP contribution in [0.2, 0.25) is 0 Å². The molecule has 0 aliphatic carbocycles. The summed E-state index contributed by atoms with van der Waals surface area (Å²) in [6.07, 6.45) is 0. The zero-order valence-electron chi connectivity index (χ0n) is 2.12. The summed E-state index contributed by atoms with van der Waals surface area (Å²) < 4.78 is 0. The van der Waals surface area contributed by atoms with Crippen molar-refractivity contribution < 1.29 is 15.0 Å². The molecule has 0 atom stereocenters. The molecule has 0 aliphatic rings. The Balaban J connectivity index is -0.0000000450. The van der Waals surface area contributed by atoms with Gasteiger partial charge in [-0.05, 0) is 0 Å². The Hall–Kier alpha value is 0.766. The Labute approximate surface area is 75.4 Å². The van der Waals surface area contributed by atoms with Crippen LogP contribution in [0.25, 0.3) is 0 Å². The Kier molecular flexibility index (Phi) is 24.4. The Morgan fingerprint density at radius 1 is 1.67 bits per heavy atom. The van der Waals surface area contributed by atoms with Gasteiger partial charge < -0.3 is 5.21 Å². The monoisotopic (exact) mass is 123 g/mol. The summed E-state index contributed by atoms with van der Waals surface area (Å²) in [7, 11) is 0. The molecule has 0 heterocycles. The van der Waals surface area contributed by atoms with Crippen molar-refractivity contribution in [3.63, 3.8) is 0 Å². The van der Waals surface area contributed by atoms with Crippen LogP contribution in [0, 0.1) is 10.1 Å². The van der Waals surface area contributed by atoms with Crippen molar-refractivity contribution in [3.8, 4) is 0 Å². The molecule has 0 rings (SSSR count). The summed E-state index contributed by atoms with van der Waals surface area (Å²) in [6.45, 7) is 0. The van der Waals surface area contributed by atoms with Crippen LogP contribution in [0.4, 0.5) is 4.70 Å². The number of nitrogens with zero attached hydrogens (tertiary/aromatic N) is 1. The van der Waals surface area contributed by atoms with Crippen LogP contribution in [0.5, 0.6) is 0 Å². The van der Waals surface area contributed by atoms with Crippen molar-refractivity contribution in [1.29, 1.82) is 0 Å². The van der Waals surface area contributed by atoms with Crippen LogP contribution in [0.3, 0.4) is 0 Å². The summed E-state index contributed by atoms with van der Waals surface area (Å²) in [5, 5.41) is 13.6. The van der Waals surface area contributed by atoms with E-state index in [-0.39, 0.29) is 56.1 Å². The van der Waals surface area contributed by atoms with Gasteiger partial charge in [-0.3, -0.25) is 4.70 Å². The Bertz CT molecular complexity index is 33.8. The minimum absolute atomic E-state index is 0. The molecular weight excluding hydrogens is 120 g/mol. The predicted octanol–water partition coefficient (Wildman–Crippen LogP) is -0.844. The zero-order valence-corrected chi connectivity index (χ0v) is 2.12. The predicted molar refractivity (Wildman–Crippen MR) is 18.4 cm³/mol. The Morgan fingerprint density at radius 3 is 1.67 bits per heavy atom. The fourth-order valence-corrected chi connectivity index (χ4v) is 0. The van der Waals surface area contributed by atoms with Gasteiger partial charge in [0.2, 0.25) is 0 Å². The van der Waals surface area contributed by atoms with E-state index < -0.39 is 5.09 Å². The van der Waals surface area contributed by atoms with Gasteiger partial charge in [0, 0.05) is 0 Å². The third kappa shape index (κ3) is 115. The number of hydrogen-bond donors (Lipinski definition) is 1. The van der Waals surface area contributed by atoms with Crippen LogP contribution in [-0.4, -0.2) is 61.7 Å². The fraction of sp³-hybridized carbons (Fsp3) is 0. The first-order valence-corrected chi connectivity index (χ1v) is 0.565. The fourth-order valence-electron chi connectivity index (χ4n) is 0. The van der Waals surface area contributed by atoms with Crippen LogP contribution >= 0.6 is 0 Å². The molecule has 0 aromatic rings. The van der Waals surface area contributed by atoms with E-state index >= 15 is 0 Å². The molecule has 1 N–H and O–H groups in total. The van der Waals surface area contributed by atoms with E-state index in [1.54, 1.807) is 0 Å². The first kappa shape index (κ1) is 15.9. The van der Waals surface area contributed by atoms with E-state index in [0.717, 1.165) is 0 Å². The number of halogens is 1. The van der Waals surface area contributed by atoms with E-state index in [1.807, 2.05) is 0 Å². The second kappa shape index (κ2) is 9.23. The summed E-state index contributed by atoms with van der Waals surface area (Å²) in [5.74, 6) is 0. The normalized spacial score (nSPS) is 4.00. The van der Waals surface area contributed by atoms with Gasteiger partial charge >= 0.3 is 51.4 Å². The minimum atomic E-state index is -1.50. The topological polar surface area (TPSA) is 63.4 Å². The molecule has 6 heavy (non-hydrogen) atoms. The molecule has 0 fully saturated rings. The first-order valence-electron chi connectivity index (χ1n) is 0.565. The van der Waals surface area contributed by atoms with Crippen molar-refractivity contribution in [3.05, 3.63) is 10.1 Å². The molecule has 0 saturated heterocycles. The standard InChI is InChI=1S/FH.K.HNO3.H/c;;2-1(3)4;/h1H;;(H,2,3,4);. The maximum absolute atomic E-state index is 8.36. The molecule has 0 bridgehead atoms. The van der Waals surface area contributed by atoms with Gasteiger partial charge in [-0.2, -0.15) is 0 Å². The van der Waals surface area contributed by atoms with Gasteiger partial charge in [0.1, 0.15) is 0 Å². The second-order valence-electron chi connectivity index (χ2n) is 0.238. The molecule has 4 nitrogen and oxygen atoms in total. The van der Waals surface area contributed by atoms with Gasteiger partial charge in [0.15, 0.2) is 0 Å². The van der Waals surface area contributed by atoms with Crippen molar-refractivity contribution >= 4 is 51.4 Å². The molecule has 0 unspecified atom stereocenters. The van der Waals surface area contributed by atoms with E-state index in [9.17, 15) is 0 Å². The molecule has 0 radical (unpaired) electrons.